The fraction of sp³-hybridized carbons (Fsp3) is 0.588. The zero-order valence-electron chi connectivity index (χ0n) is 12.9. The third-order valence-corrected chi connectivity index (χ3v) is 5.08. The van der Waals surface area contributed by atoms with Crippen molar-refractivity contribution in [3.05, 3.63) is 29.3 Å². The first kappa shape index (κ1) is 15.3. The van der Waals surface area contributed by atoms with Gasteiger partial charge < -0.3 is 19.8 Å². The first-order valence-electron chi connectivity index (χ1n) is 7.85. The molecular weight excluding hydrogens is 282 g/mol. The second-order valence-electron chi connectivity index (χ2n) is 6.25. The van der Waals surface area contributed by atoms with E-state index in [9.17, 15) is 15.0 Å². The van der Waals surface area contributed by atoms with Gasteiger partial charge in [0.05, 0.1) is 13.0 Å². The van der Waals surface area contributed by atoms with Crippen LogP contribution in [0.4, 0.5) is 0 Å². The van der Waals surface area contributed by atoms with Crippen molar-refractivity contribution in [3.63, 3.8) is 0 Å². The van der Waals surface area contributed by atoms with Crippen LogP contribution in [0.15, 0.2) is 18.2 Å². The highest BCUT2D eigenvalue weighted by atomic mass is 16.5. The summed E-state index contributed by atoms with van der Waals surface area (Å²) in [6.07, 6.45) is 1.70. The van der Waals surface area contributed by atoms with Crippen molar-refractivity contribution in [2.75, 3.05) is 33.4 Å². The van der Waals surface area contributed by atoms with Crippen LogP contribution >= 0.6 is 0 Å². The molecule has 120 valence electrons. The highest BCUT2D eigenvalue weighted by Gasteiger charge is 2.40. The lowest BCUT2D eigenvalue weighted by Gasteiger charge is -2.22. The van der Waals surface area contributed by atoms with Crippen molar-refractivity contribution in [2.45, 2.75) is 18.8 Å². The molecular formula is C17H23NO4. The molecule has 5 nitrogen and oxygen atoms in total. The Morgan fingerprint density at radius 1 is 1.27 bits per heavy atom. The Bertz CT molecular complexity index is 548. The van der Waals surface area contributed by atoms with E-state index in [0.29, 0.717) is 13.1 Å². The van der Waals surface area contributed by atoms with E-state index in [1.54, 1.807) is 12.0 Å². The lowest BCUT2D eigenvalue weighted by atomic mass is 9.98. The molecule has 2 N–H and O–H groups in total. The van der Waals surface area contributed by atoms with Gasteiger partial charge in [-0.15, -0.1) is 0 Å². The number of rotatable bonds is 4. The second kappa shape index (κ2) is 6.26. The summed E-state index contributed by atoms with van der Waals surface area (Å²) in [5.74, 6) is 0.672. The first-order valence-corrected chi connectivity index (χ1v) is 7.85. The fourth-order valence-corrected chi connectivity index (χ4v) is 3.82. The topological polar surface area (TPSA) is 70.0 Å². The molecule has 1 aliphatic heterocycles. The van der Waals surface area contributed by atoms with Gasteiger partial charge in [-0.05, 0) is 24.5 Å². The van der Waals surface area contributed by atoms with Crippen molar-refractivity contribution in [2.24, 2.45) is 11.8 Å². The molecule has 0 radical (unpaired) electrons. The standard InChI is InChI=1S/C17H23NO4/c1-22-15-4-2-3-11-5-6-14(16(11)15)17(21)18-7-12(9-19)13(8-18)10-20/h2-4,12-14,19-20H,5-10H2,1H3/t12-,13-,14?/m0/s1. The van der Waals surface area contributed by atoms with E-state index in [2.05, 4.69) is 6.07 Å². The lowest BCUT2D eigenvalue weighted by molar-refractivity contribution is -0.132. The maximum Gasteiger partial charge on any atom is 0.230 e. The smallest absolute Gasteiger partial charge is 0.230 e. The Balaban J connectivity index is 1.81. The van der Waals surface area contributed by atoms with E-state index in [0.717, 1.165) is 24.2 Å². The van der Waals surface area contributed by atoms with Crippen LogP contribution in [0.1, 0.15) is 23.5 Å². The Kier molecular flexibility index (Phi) is 4.36. The van der Waals surface area contributed by atoms with Crippen molar-refractivity contribution in [1.82, 2.24) is 4.90 Å². The Hall–Kier alpha value is -1.59. The van der Waals surface area contributed by atoms with Gasteiger partial charge in [-0.3, -0.25) is 4.79 Å². The van der Waals surface area contributed by atoms with Crippen LogP contribution in [0.25, 0.3) is 0 Å². The van der Waals surface area contributed by atoms with Gasteiger partial charge in [0.25, 0.3) is 0 Å². The minimum atomic E-state index is -0.164. The van der Waals surface area contributed by atoms with Crippen LogP contribution < -0.4 is 4.74 Å². The summed E-state index contributed by atoms with van der Waals surface area (Å²) in [6, 6.07) is 5.92. The van der Waals surface area contributed by atoms with Gasteiger partial charge in [-0.25, -0.2) is 0 Å². The molecule has 0 bridgehead atoms. The zero-order valence-corrected chi connectivity index (χ0v) is 12.9. The molecule has 1 amide bonds. The van der Waals surface area contributed by atoms with Gasteiger partial charge in [0.15, 0.2) is 0 Å². The molecule has 5 heteroatoms. The van der Waals surface area contributed by atoms with Crippen LogP contribution in [0.5, 0.6) is 5.75 Å². The van der Waals surface area contributed by atoms with E-state index < -0.39 is 0 Å². The van der Waals surface area contributed by atoms with E-state index in [1.165, 1.54) is 5.56 Å². The molecule has 1 saturated heterocycles. The monoisotopic (exact) mass is 305 g/mol. The van der Waals surface area contributed by atoms with Crippen LogP contribution in [0.3, 0.4) is 0 Å². The van der Waals surface area contributed by atoms with Gasteiger partial charge in [0.2, 0.25) is 5.91 Å². The molecule has 0 aromatic heterocycles. The molecule has 1 heterocycles. The molecule has 1 fully saturated rings. The van der Waals surface area contributed by atoms with E-state index >= 15 is 0 Å². The molecule has 2 aliphatic rings. The molecule has 1 unspecified atom stereocenters. The fourth-order valence-electron chi connectivity index (χ4n) is 3.82. The summed E-state index contributed by atoms with van der Waals surface area (Å²) in [5, 5.41) is 18.8. The number of carbonyl (C=O) groups excluding carboxylic acids is 1. The van der Waals surface area contributed by atoms with E-state index in [-0.39, 0.29) is 36.9 Å². The number of aliphatic hydroxyl groups excluding tert-OH is 2. The summed E-state index contributed by atoms with van der Waals surface area (Å²) in [6.45, 7) is 1.09. The molecule has 0 spiro atoms. The number of ether oxygens (including phenoxy) is 1. The van der Waals surface area contributed by atoms with Gasteiger partial charge in [0, 0.05) is 43.7 Å². The number of hydrogen-bond acceptors (Lipinski definition) is 4. The Labute approximate surface area is 130 Å². The Morgan fingerprint density at radius 2 is 1.95 bits per heavy atom. The maximum atomic E-state index is 12.9. The number of fused-ring (bicyclic) bond motifs is 1. The molecule has 1 aromatic rings. The Morgan fingerprint density at radius 3 is 2.55 bits per heavy atom. The number of aryl methyl sites for hydroxylation is 1. The van der Waals surface area contributed by atoms with Crippen LogP contribution in [-0.4, -0.2) is 54.4 Å². The summed E-state index contributed by atoms with van der Waals surface area (Å²) in [5.41, 5.74) is 2.21. The summed E-state index contributed by atoms with van der Waals surface area (Å²) in [7, 11) is 1.63. The highest BCUT2D eigenvalue weighted by Crippen LogP contribution is 2.41. The SMILES string of the molecule is COc1cccc2c1C(C(=O)N1C[C@@H](CO)[C@H](CO)C1)CC2. The predicted octanol–water partition coefficient (Wildman–Crippen LogP) is 0.784. The average Bonchev–Trinajstić information content (AvgIpc) is 3.17. The van der Waals surface area contributed by atoms with Crippen molar-refractivity contribution < 1.29 is 19.7 Å². The number of carbonyl (C=O) groups is 1. The minimum absolute atomic E-state index is 0.0135. The normalized spacial score (nSPS) is 27.0. The summed E-state index contributed by atoms with van der Waals surface area (Å²) in [4.78, 5) is 14.7. The van der Waals surface area contributed by atoms with Crippen LogP contribution in [0.2, 0.25) is 0 Å². The van der Waals surface area contributed by atoms with Gasteiger partial charge in [-0.1, -0.05) is 12.1 Å². The molecule has 1 aromatic carbocycles. The molecule has 0 saturated carbocycles. The highest BCUT2D eigenvalue weighted by molar-refractivity contribution is 5.86. The largest absolute Gasteiger partial charge is 0.496 e. The van der Waals surface area contributed by atoms with Gasteiger partial charge in [-0.2, -0.15) is 0 Å². The van der Waals surface area contributed by atoms with Crippen molar-refractivity contribution >= 4 is 5.91 Å². The quantitative estimate of drug-likeness (QED) is 0.862. The summed E-state index contributed by atoms with van der Waals surface area (Å²) < 4.78 is 5.43. The van der Waals surface area contributed by atoms with E-state index in [4.69, 9.17) is 4.74 Å². The third kappa shape index (κ3) is 2.48. The maximum absolute atomic E-state index is 12.9. The van der Waals surface area contributed by atoms with Gasteiger partial charge in [0.1, 0.15) is 5.75 Å². The second-order valence-corrected chi connectivity index (χ2v) is 6.25. The number of likely N-dealkylation sites (tertiary alicyclic amines) is 1. The number of aliphatic hydroxyl groups is 2. The predicted molar refractivity (Wildman–Crippen MR) is 81.8 cm³/mol. The van der Waals surface area contributed by atoms with Crippen molar-refractivity contribution in [3.8, 4) is 5.75 Å². The van der Waals surface area contributed by atoms with Crippen molar-refractivity contribution in [1.29, 1.82) is 0 Å². The first-order chi connectivity index (χ1) is 10.7. The molecule has 1 aliphatic carbocycles. The third-order valence-electron chi connectivity index (χ3n) is 5.08. The number of nitrogens with zero attached hydrogens (tertiary/aromatic N) is 1. The lowest BCUT2D eigenvalue weighted by Crippen LogP contribution is -2.33. The van der Waals surface area contributed by atoms with Crippen LogP contribution in [-0.2, 0) is 11.2 Å². The number of hydrogen-bond donors (Lipinski definition) is 2. The van der Waals surface area contributed by atoms with Crippen LogP contribution in [0, 0.1) is 11.8 Å². The number of benzene rings is 1. The molecule has 3 atom stereocenters. The van der Waals surface area contributed by atoms with E-state index in [1.807, 2.05) is 12.1 Å². The minimum Gasteiger partial charge on any atom is -0.496 e. The average molecular weight is 305 g/mol. The van der Waals surface area contributed by atoms with Gasteiger partial charge >= 0.3 is 0 Å². The number of methoxy groups -OCH3 is 1. The number of amides is 1. The zero-order chi connectivity index (χ0) is 15.7. The summed E-state index contributed by atoms with van der Waals surface area (Å²) >= 11 is 0. The molecule has 3 rings (SSSR count). The molecule has 22 heavy (non-hydrogen) atoms.